The first-order chi connectivity index (χ1) is 12.0. The molecule has 4 nitrogen and oxygen atoms in total. The van der Waals surface area contributed by atoms with Gasteiger partial charge >= 0.3 is 0 Å². The van der Waals surface area contributed by atoms with E-state index in [2.05, 4.69) is 50.5 Å². The van der Waals surface area contributed by atoms with Gasteiger partial charge in [-0.05, 0) is 93.7 Å². The zero-order valence-electron chi connectivity index (χ0n) is 12.7. The number of anilines is 1. The van der Waals surface area contributed by atoms with Gasteiger partial charge in [0, 0.05) is 18.4 Å². The molecule has 0 fully saturated rings. The molecule has 1 heterocycles. The van der Waals surface area contributed by atoms with Crippen LogP contribution in [-0.4, -0.2) is 11.0 Å². The molecule has 25 heavy (non-hydrogen) atoms. The Morgan fingerprint density at radius 3 is 2.60 bits per heavy atom. The average Bonchev–Trinajstić information content (AvgIpc) is 3.06. The molecular weight excluding hydrogens is 567 g/mol. The molecule has 0 unspecified atom stereocenters. The van der Waals surface area contributed by atoms with E-state index in [1.54, 1.807) is 30.3 Å². The molecule has 2 N–H and O–H groups in total. The summed E-state index contributed by atoms with van der Waals surface area (Å²) in [5.41, 5.74) is 1.91. The number of halogens is 3. The maximum Gasteiger partial charge on any atom is 0.256 e. The molecule has 0 spiro atoms. The standard InChI is InChI=1S/C18H12ClI2NO3/c19-15-8-11(2-4-13(15)17-6-3-12(9-23)25-17)22-18(24)14-7-10(20)1-5-16(14)21/h1-8,23H,9H2,(H,22,24). The van der Waals surface area contributed by atoms with Gasteiger partial charge < -0.3 is 14.8 Å². The van der Waals surface area contributed by atoms with Crippen LogP contribution in [-0.2, 0) is 6.61 Å². The van der Waals surface area contributed by atoms with E-state index in [4.69, 9.17) is 21.1 Å². The Bertz CT molecular complexity index is 940. The quantitative estimate of drug-likeness (QED) is 0.399. The van der Waals surface area contributed by atoms with Crippen LogP contribution in [0.15, 0.2) is 52.9 Å². The van der Waals surface area contributed by atoms with Crippen LogP contribution in [0, 0.1) is 7.14 Å². The first-order valence-electron chi connectivity index (χ1n) is 7.24. The van der Waals surface area contributed by atoms with Crippen molar-refractivity contribution >= 4 is 68.4 Å². The molecule has 0 saturated heterocycles. The number of hydrogen-bond acceptors (Lipinski definition) is 3. The zero-order chi connectivity index (χ0) is 18.0. The predicted octanol–water partition coefficient (Wildman–Crippen LogP) is 5.55. The van der Waals surface area contributed by atoms with Crippen LogP contribution in [0.5, 0.6) is 0 Å². The summed E-state index contributed by atoms with van der Waals surface area (Å²) in [7, 11) is 0. The van der Waals surface area contributed by atoms with Crippen LogP contribution in [0.4, 0.5) is 5.69 Å². The van der Waals surface area contributed by atoms with Crippen LogP contribution in [0.1, 0.15) is 16.1 Å². The van der Waals surface area contributed by atoms with E-state index in [-0.39, 0.29) is 12.5 Å². The van der Waals surface area contributed by atoms with E-state index in [1.807, 2.05) is 18.2 Å². The lowest BCUT2D eigenvalue weighted by molar-refractivity contribution is 0.102. The Kier molecular flexibility index (Phi) is 6.03. The second kappa shape index (κ2) is 8.07. The van der Waals surface area contributed by atoms with E-state index in [0.717, 1.165) is 7.14 Å². The predicted molar refractivity (Wildman–Crippen MR) is 115 cm³/mol. The summed E-state index contributed by atoms with van der Waals surface area (Å²) in [4.78, 5) is 12.5. The average molecular weight is 580 g/mol. The smallest absolute Gasteiger partial charge is 0.256 e. The van der Waals surface area contributed by atoms with E-state index >= 15 is 0 Å². The minimum absolute atomic E-state index is 0.166. The highest BCUT2D eigenvalue weighted by molar-refractivity contribution is 14.1. The molecule has 0 saturated carbocycles. The van der Waals surface area contributed by atoms with Crippen LogP contribution >= 0.6 is 56.8 Å². The first kappa shape index (κ1) is 18.7. The number of rotatable bonds is 4. The topological polar surface area (TPSA) is 62.5 Å². The van der Waals surface area contributed by atoms with Crippen molar-refractivity contribution in [2.45, 2.75) is 6.61 Å². The summed E-state index contributed by atoms with van der Waals surface area (Å²) in [6.07, 6.45) is 0. The second-order valence-electron chi connectivity index (χ2n) is 5.20. The molecule has 7 heteroatoms. The van der Waals surface area contributed by atoms with Crippen molar-refractivity contribution in [2.75, 3.05) is 5.32 Å². The highest BCUT2D eigenvalue weighted by Crippen LogP contribution is 2.32. The molecule has 1 aromatic heterocycles. The van der Waals surface area contributed by atoms with Crippen molar-refractivity contribution < 1.29 is 14.3 Å². The van der Waals surface area contributed by atoms with Crippen molar-refractivity contribution in [1.29, 1.82) is 0 Å². The fraction of sp³-hybridized carbons (Fsp3) is 0.0556. The summed E-state index contributed by atoms with van der Waals surface area (Å²) in [6.45, 7) is -0.166. The first-order valence-corrected chi connectivity index (χ1v) is 9.77. The number of furan rings is 1. The highest BCUT2D eigenvalue weighted by Gasteiger charge is 2.13. The summed E-state index contributed by atoms with van der Waals surface area (Å²) >= 11 is 10.6. The van der Waals surface area contributed by atoms with Gasteiger partial charge in [-0.25, -0.2) is 0 Å². The Labute approximate surface area is 176 Å². The van der Waals surface area contributed by atoms with Gasteiger partial charge in [-0.15, -0.1) is 0 Å². The lowest BCUT2D eigenvalue weighted by Gasteiger charge is -2.09. The SMILES string of the molecule is O=C(Nc1ccc(-c2ccc(CO)o2)c(Cl)c1)c1cc(I)ccc1I. The van der Waals surface area contributed by atoms with Gasteiger partial charge in [-0.3, -0.25) is 4.79 Å². The third-order valence-electron chi connectivity index (χ3n) is 3.48. The number of amides is 1. The van der Waals surface area contributed by atoms with Crippen molar-refractivity contribution in [3.63, 3.8) is 0 Å². The number of nitrogens with one attached hydrogen (secondary N) is 1. The lowest BCUT2D eigenvalue weighted by Crippen LogP contribution is -2.13. The van der Waals surface area contributed by atoms with Crippen molar-refractivity contribution in [3.8, 4) is 11.3 Å². The minimum atomic E-state index is -0.188. The van der Waals surface area contributed by atoms with Gasteiger partial charge in [0.05, 0.1) is 10.6 Å². The van der Waals surface area contributed by atoms with Crippen molar-refractivity contribution in [3.05, 3.63) is 72.0 Å². The molecule has 0 aliphatic rings. The van der Waals surface area contributed by atoms with Crippen LogP contribution < -0.4 is 5.32 Å². The Balaban J connectivity index is 1.83. The van der Waals surface area contributed by atoms with E-state index in [9.17, 15) is 4.79 Å². The Morgan fingerprint density at radius 1 is 1.12 bits per heavy atom. The number of aliphatic hydroxyl groups excluding tert-OH is 1. The van der Waals surface area contributed by atoms with Gasteiger partial charge in [0.2, 0.25) is 0 Å². The van der Waals surface area contributed by atoms with Crippen molar-refractivity contribution in [1.82, 2.24) is 0 Å². The summed E-state index contributed by atoms with van der Waals surface area (Å²) in [5, 5.41) is 12.4. The van der Waals surface area contributed by atoms with Crippen LogP contribution in [0.3, 0.4) is 0 Å². The van der Waals surface area contributed by atoms with Crippen molar-refractivity contribution in [2.24, 2.45) is 0 Å². The van der Waals surface area contributed by atoms with Gasteiger partial charge in [-0.2, -0.15) is 0 Å². The summed E-state index contributed by atoms with van der Waals surface area (Å²) in [5.74, 6) is 0.850. The Morgan fingerprint density at radius 2 is 1.92 bits per heavy atom. The third-order valence-corrected chi connectivity index (χ3v) is 5.41. The number of benzene rings is 2. The number of hydrogen-bond donors (Lipinski definition) is 2. The number of aliphatic hydroxyl groups is 1. The molecule has 3 aromatic rings. The highest BCUT2D eigenvalue weighted by atomic mass is 127. The number of carbonyl (C=O) groups is 1. The molecule has 0 aliphatic heterocycles. The van der Waals surface area contributed by atoms with E-state index in [0.29, 0.717) is 33.4 Å². The van der Waals surface area contributed by atoms with Crippen LogP contribution in [0.2, 0.25) is 5.02 Å². The molecule has 0 radical (unpaired) electrons. The number of carbonyl (C=O) groups excluding carboxylic acids is 1. The molecule has 128 valence electrons. The van der Waals surface area contributed by atoms with Gasteiger partial charge in [-0.1, -0.05) is 11.6 Å². The van der Waals surface area contributed by atoms with Gasteiger partial charge in [0.15, 0.2) is 0 Å². The maximum absolute atomic E-state index is 12.5. The van der Waals surface area contributed by atoms with E-state index < -0.39 is 0 Å². The third kappa shape index (κ3) is 4.36. The molecular formula is C18H12ClI2NO3. The van der Waals surface area contributed by atoms with Crippen LogP contribution in [0.25, 0.3) is 11.3 Å². The Hall–Kier alpha value is -1.10. The summed E-state index contributed by atoms with van der Waals surface area (Å²) < 4.78 is 7.37. The molecule has 3 rings (SSSR count). The lowest BCUT2D eigenvalue weighted by atomic mass is 10.1. The zero-order valence-corrected chi connectivity index (χ0v) is 17.8. The van der Waals surface area contributed by atoms with Gasteiger partial charge in [0.25, 0.3) is 5.91 Å². The maximum atomic E-state index is 12.5. The second-order valence-corrected chi connectivity index (χ2v) is 8.01. The minimum Gasteiger partial charge on any atom is -0.459 e. The molecule has 0 bridgehead atoms. The molecule has 0 aliphatic carbocycles. The monoisotopic (exact) mass is 579 g/mol. The fourth-order valence-electron chi connectivity index (χ4n) is 2.27. The molecule has 2 aromatic carbocycles. The molecule has 0 atom stereocenters. The van der Waals surface area contributed by atoms with Gasteiger partial charge in [0.1, 0.15) is 18.1 Å². The normalized spacial score (nSPS) is 10.7. The summed E-state index contributed by atoms with van der Waals surface area (Å²) in [6, 6.07) is 14.4. The fourth-order valence-corrected chi connectivity index (χ4v) is 3.62. The molecule has 1 amide bonds. The largest absolute Gasteiger partial charge is 0.459 e. The van der Waals surface area contributed by atoms with E-state index in [1.165, 1.54) is 0 Å².